The van der Waals surface area contributed by atoms with Gasteiger partial charge in [0.25, 0.3) is 0 Å². The zero-order chi connectivity index (χ0) is 20.3. The quantitative estimate of drug-likeness (QED) is 0.693. The van der Waals surface area contributed by atoms with Crippen molar-refractivity contribution in [3.05, 3.63) is 23.0 Å². The number of phenols is 1. The van der Waals surface area contributed by atoms with Crippen molar-refractivity contribution >= 4 is 33.6 Å². The molecule has 0 saturated carbocycles. The van der Waals surface area contributed by atoms with E-state index in [-0.39, 0.29) is 17.9 Å². The molecule has 0 fully saturated rings. The highest BCUT2D eigenvalue weighted by molar-refractivity contribution is 7.18. The van der Waals surface area contributed by atoms with Crippen LogP contribution in [0.3, 0.4) is 0 Å². The van der Waals surface area contributed by atoms with Gasteiger partial charge in [0.1, 0.15) is 11.0 Å². The molecule has 0 bridgehead atoms. The smallest absolute Gasteiger partial charge is 0.408 e. The van der Waals surface area contributed by atoms with Gasteiger partial charge in [0.15, 0.2) is 11.6 Å². The zero-order valence-corrected chi connectivity index (χ0v) is 16.7. The zero-order valence-electron chi connectivity index (χ0n) is 15.9. The van der Waals surface area contributed by atoms with E-state index in [4.69, 9.17) is 4.74 Å². The Balaban J connectivity index is 2.11. The van der Waals surface area contributed by atoms with Gasteiger partial charge in [-0.1, -0.05) is 13.8 Å². The maximum atomic E-state index is 13.5. The molecule has 2 atom stereocenters. The molecule has 9 heteroatoms. The lowest BCUT2D eigenvalue weighted by atomic mass is 10.0. The van der Waals surface area contributed by atoms with Crippen LogP contribution in [0.15, 0.2) is 12.1 Å². The number of aromatic nitrogens is 1. The van der Waals surface area contributed by atoms with Crippen LogP contribution in [0.5, 0.6) is 5.75 Å². The number of hydrogen-bond donors (Lipinski definition) is 3. The summed E-state index contributed by atoms with van der Waals surface area (Å²) in [5, 5.41) is 15.4. The van der Waals surface area contributed by atoms with Gasteiger partial charge in [0.05, 0.1) is 22.4 Å². The number of aromatic hydroxyl groups is 1. The summed E-state index contributed by atoms with van der Waals surface area (Å²) in [6.07, 6.45) is -0.947. The number of carbonyl (C=O) groups excluding carboxylic acids is 2. The fraction of sp³-hybridized carbons (Fsp3) is 0.500. The molecular formula is C18H24FN3O4S. The van der Waals surface area contributed by atoms with Crippen LogP contribution in [0, 0.1) is 11.7 Å². The molecule has 148 valence electrons. The van der Waals surface area contributed by atoms with Gasteiger partial charge < -0.3 is 20.5 Å². The average Bonchev–Trinajstić information content (AvgIpc) is 2.94. The molecule has 1 aromatic carbocycles. The lowest BCUT2D eigenvalue weighted by Gasteiger charge is -2.23. The molecule has 2 amide bonds. The Hall–Kier alpha value is -2.42. The summed E-state index contributed by atoms with van der Waals surface area (Å²) in [6.45, 7) is 8.82. The third-order valence-corrected chi connectivity index (χ3v) is 4.97. The Morgan fingerprint density at radius 3 is 2.44 bits per heavy atom. The second-order valence-electron chi connectivity index (χ2n) is 6.87. The van der Waals surface area contributed by atoms with E-state index in [0.717, 1.165) is 0 Å². The third-order valence-electron chi connectivity index (χ3n) is 3.77. The van der Waals surface area contributed by atoms with E-state index in [1.165, 1.54) is 23.5 Å². The first-order valence-electron chi connectivity index (χ1n) is 8.65. The van der Waals surface area contributed by atoms with Crippen LogP contribution in [0.1, 0.15) is 45.7 Å². The first kappa shape index (κ1) is 20.9. The average molecular weight is 397 g/mol. The van der Waals surface area contributed by atoms with Crippen LogP contribution >= 0.6 is 11.3 Å². The van der Waals surface area contributed by atoms with Crippen LogP contribution in [0.25, 0.3) is 10.2 Å². The number of nitrogens with one attached hydrogen (secondary N) is 2. The number of halogens is 1. The number of nitrogens with zero attached hydrogens (tertiary/aromatic N) is 1. The van der Waals surface area contributed by atoms with Gasteiger partial charge >= 0.3 is 6.09 Å². The number of ether oxygens (including phenoxy) is 1. The predicted octanol–water partition coefficient (Wildman–Crippen LogP) is 3.48. The van der Waals surface area contributed by atoms with Crippen LogP contribution in [-0.4, -0.2) is 34.2 Å². The van der Waals surface area contributed by atoms with Gasteiger partial charge in [-0.2, -0.15) is 0 Å². The predicted molar refractivity (Wildman–Crippen MR) is 101 cm³/mol. The molecule has 3 N–H and O–H groups in total. The molecule has 2 aromatic rings. The lowest BCUT2D eigenvalue weighted by Crippen LogP contribution is -2.50. The monoisotopic (exact) mass is 397 g/mol. The number of carbonyl (C=O) groups is 2. The van der Waals surface area contributed by atoms with Crippen molar-refractivity contribution in [3.8, 4) is 5.75 Å². The van der Waals surface area contributed by atoms with E-state index in [1.807, 2.05) is 13.8 Å². The largest absolute Gasteiger partial charge is 0.505 e. The summed E-state index contributed by atoms with van der Waals surface area (Å²) in [4.78, 5) is 28.8. The molecule has 27 heavy (non-hydrogen) atoms. The molecular weight excluding hydrogens is 373 g/mol. The van der Waals surface area contributed by atoms with Gasteiger partial charge in [-0.15, -0.1) is 11.3 Å². The topological polar surface area (TPSA) is 101 Å². The standard InChI is InChI=1S/C18H24FN3O4S/c1-8(2)15(22-18(25)26-9(3)4)16(24)20-10(5)17-21-12-7-13(23)11(19)6-14(12)27-17/h6-10,15,23H,1-5H3,(H,20,24)(H,22,25). The number of benzene rings is 1. The molecule has 0 aliphatic heterocycles. The van der Waals surface area contributed by atoms with Crippen LogP contribution in [-0.2, 0) is 9.53 Å². The van der Waals surface area contributed by atoms with Gasteiger partial charge in [0, 0.05) is 6.07 Å². The molecule has 0 aliphatic rings. The Morgan fingerprint density at radius 2 is 1.85 bits per heavy atom. The van der Waals surface area contributed by atoms with Crippen molar-refractivity contribution in [2.24, 2.45) is 5.92 Å². The van der Waals surface area contributed by atoms with Crippen LogP contribution in [0.2, 0.25) is 0 Å². The molecule has 7 nitrogen and oxygen atoms in total. The molecule has 0 aliphatic carbocycles. The number of phenolic OH excluding ortho intramolecular Hbond substituents is 1. The van der Waals surface area contributed by atoms with Gasteiger partial charge in [0.2, 0.25) is 5.91 Å². The minimum Gasteiger partial charge on any atom is -0.505 e. The Bertz CT molecular complexity index is 798. The molecule has 1 heterocycles. The first-order chi connectivity index (χ1) is 12.6. The lowest BCUT2D eigenvalue weighted by molar-refractivity contribution is -0.124. The second kappa shape index (κ2) is 8.51. The fourth-order valence-corrected chi connectivity index (χ4v) is 3.39. The van der Waals surface area contributed by atoms with Crippen LogP contribution < -0.4 is 10.6 Å². The third kappa shape index (κ3) is 5.29. The van der Waals surface area contributed by atoms with Gasteiger partial charge in [-0.05, 0) is 32.8 Å². The normalized spacial score (nSPS) is 13.6. The summed E-state index contributed by atoms with van der Waals surface area (Å²) in [6, 6.07) is 1.24. The second-order valence-corrected chi connectivity index (χ2v) is 7.94. The molecule has 0 saturated heterocycles. The number of rotatable bonds is 6. The summed E-state index contributed by atoms with van der Waals surface area (Å²) in [5.74, 6) is -1.71. The Kier molecular flexibility index (Phi) is 6.59. The van der Waals surface area contributed by atoms with Crippen molar-refractivity contribution in [2.45, 2.75) is 52.8 Å². The Morgan fingerprint density at radius 1 is 1.19 bits per heavy atom. The maximum absolute atomic E-state index is 13.5. The molecule has 0 radical (unpaired) electrons. The first-order valence-corrected chi connectivity index (χ1v) is 9.46. The number of amides is 2. The SMILES string of the molecule is CC(C)OC(=O)NC(C(=O)NC(C)c1nc2cc(O)c(F)cc2s1)C(C)C. The van der Waals surface area contributed by atoms with Gasteiger partial charge in [-0.3, -0.25) is 4.79 Å². The molecule has 0 spiro atoms. The fourth-order valence-electron chi connectivity index (χ4n) is 2.42. The highest BCUT2D eigenvalue weighted by Crippen LogP contribution is 2.30. The van der Waals surface area contributed by atoms with Gasteiger partial charge in [-0.25, -0.2) is 14.2 Å². The summed E-state index contributed by atoms with van der Waals surface area (Å²) in [7, 11) is 0. The van der Waals surface area contributed by atoms with Crippen molar-refractivity contribution < 1.29 is 23.8 Å². The van der Waals surface area contributed by atoms with E-state index >= 15 is 0 Å². The number of thiazole rings is 1. The minimum absolute atomic E-state index is 0.154. The van der Waals surface area contributed by atoms with Crippen LogP contribution in [0.4, 0.5) is 9.18 Å². The van der Waals surface area contributed by atoms with Crippen molar-refractivity contribution in [1.82, 2.24) is 15.6 Å². The van der Waals surface area contributed by atoms with Crippen molar-refractivity contribution in [2.75, 3.05) is 0 Å². The van der Waals surface area contributed by atoms with E-state index in [9.17, 15) is 19.1 Å². The maximum Gasteiger partial charge on any atom is 0.408 e. The molecule has 2 rings (SSSR count). The molecule has 2 unspecified atom stereocenters. The van der Waals surface area contributed by atoms with E-state index in [1.54, 1.807) is 20.8 Å². The summed E-state index contributed by atoms with van der Waals surface area (Å²) < 4.78 is 19.1. The summed E-state index contributed by atoms with van der Waals surface area (Å²) >= 11 is 1.22. The number of fused-ring (bicyclic) bond motifs is 1. The molecule has 1 aromatic heterocycles. The van der Waals surface area contributed by atoms with Crippen molar-refractivity contribution in [1.29, 1.82) is 0 Å². The summed E-state index contributed by atoms with van der Waals surface area (Å²) in [5.41, 5.74) is 0.453. The van der Waals surface area contributed by atoms with E-state index in [0.29, 0.717) is 15.2 Å². The minimum atomic E-state index is -0.769. The Labute approximate surface area is 160 Å². The highest BCUT2D eigenvalue weighted by Gasteiger charge is 2.27. The van der Waals surface area contributed by atoms with Crippen molar-refractivity contribution in [3.63, 3.8) is 0 Å². The van der Waals surface area contributed by atoms with E-state index < -0.39 is 29.7 Å². The number of hydrogen-bond acceptors (Lipinski definition) is 6. The van der Waals surface area contributed by atoms with E-state index in [2.05, 4.69) is 15.6 Å². The highest BCUT2D eigenvalue weighted by atomic mass is 32.1. The number of alkyl carbamates (subject to hydrolysis) is 1.